The van der Waals surface area contributed by atoms with Crippen molar-refractivity contribution in [3.8, 4) is 0 Å². The van der Waals surface area contributed by atoms with Crippen LogP contribution in [-0.2, 0) is 0 Å². The van der Waals surface area contributed by atoms with E-state index in [0.717, 1.165) is 0 Å². The third-order valence-corrected chi connectivity index (χ3v) is 7.68. The SMILES string of the molecule is CCCCC(CCC)[SiH2][SiH3]. The van der Waals surface area contributed by atoms with E-state index in [9.17, 15) is 0 Å². The van der Waals surface area contributed by atoms with E-state index in [0.29, 0.717) is 9.04 Å². The molecule has 0 aliphatic heterocycles. The van der Waals surface area contributed by atoms with Gasteiger partial charge in [0.15, 0.2) is 0 Å². The maximum atomic E-state index is 2.32. The normalized spacial score (nSPS) is 15.0. The Bertz CT molecular complexity index is 64.3. The Kier molecular flexibility index (Phi) is 7.87. The molecular weight excluding hydrogens is 152 g/mol. The number of hydrogen-bond donors (Lipinski definition) is 0. The predicted octanol–water partition coefficient (Wildman–Crippen LogP) is 1.21. The zero-order chi connectivity index (χ0) is 7.82. The molecule has 0 rings (SSSR count). The lowest BCUT2D eigenvalue weighted by atomic mass is 10.1. The van der Waals surface area contributed by atoms with Crippen LogP contribution in [0.15, 0.2) is 0 Å². The van der Waals surface area contributed by atoms with E-state index in [1.807, 2.05) is 0 Å². The fraction of sp³-hybridized carbons (Fsp3) is 1.00. The van der Waals surface area contributed by atoms with E-state index in [1.165, 1.54) is 31.2 Å². The lowest BCUT2D eigenvalue weighted by molar-refractivity contribution is 0.622. The molecule has 0 aliphatic carbocycles. The van der Waals surface area contributed by atoms with E-state index in [4.69, 9.17) is 0 Å². The number of hydrogen-bond acceptors (Lipinski definition) is 0. The second-order valence-corrected chi connectivity index (χ2v) is 7.63. The third kappa shape index (κ3) is 5.24. The minimum Gasteiger partial charge on any atom is -0.0654 e. The molecule has 0 fully saturated rings. The highest BCUT2D eigenvalue weighted by atomic mass is 29.1. The van der Waals surface area contributed by atoms with Crippen LogP contribution in [0.2, 0.25) is 5.54 Å². The molecule has 0 radical (unpaired) electrons. The van der Waals surface area contributed by atoms with Crippen molar-refractivity contribution in [2.24, 2.45) is 0 Å². The third-order valence-electron chi connectivity index (χ3n) is 2.24. The Morgan fingerprint density at radius 1 is 1.20 bits per heavy atom. The van der Waals surface area contributed by atoms with E-state index in [1.54, 1.807) is 16.2 Å². The maximum Gasteiger partial charge on any atom is 0.00794 e. The molecule has 1 atom stereocenters. The molecule has 0 aromatic rings. The number of rotatable bonds is 6. The van der Waals surface area contributed by atoms with Crippen LogP contribution in [0.25, 0.3) is 0 Å². The second kappa shape index (κ2) is 7.54. The van der Waals surface area contributed by atoms with Gasteiger partial charge in [-0.2, -0.15) is 0 Å². The molecule has 0 nitrogen and oxygen atoms in total. The van der Waals surface area contributed by atoms with Crippen LogP contribution in [0.5, 0.6) is 0 Å². The molecule has 0 saturated heterocycles. The standard InChI is InChI=1S/C8H22Si2/c1-3-5-7-8(10-9)6-4-2/h8H,3-7,10H2,1-2,9H3. The molecule has 1 unspecified atom stereocenters. The smallest absolute Gasteiger partial charge is 0.00794 e. The van der Waals surface area contributed by atoms with E-state index >= 15 is 0 Å². The molecule has 0 amide bonds. The largest absolute Gasteiger partial charge is 0.0654 e. The minimum atomic E-state index is 0.436. The molecule has 0 bridgehead atoms. The van der Waals surface area contributed by atoms with E-state index < -0.39 is 0 Å². The summed E-state index contributed by atoms with van der Waals surface area (Å²) in [5, 5.41) is 0. The van der Waals surface area contributed by atoms with Crippen molar-refractivity contribution < 1.29 is 0 Å². The van der Waals surface area contributed by atoms with Gasteiger partial charge in [0.05, 0.1) is 0 Å². The van der Waals surface area contributed by atoms with Gasteiger partial charge < -0.3 is 0 Å². The summed E-state index contributed by atoms with van der Waals surface area (Å²) < 4.78 is 0. The number of unbranched alkanes of at least 4 members (excludes halogenated alkanes) is 1. The van der Waals surface area contributed by atoms with Gasteiger partial charge >= 0.3 is 0 Å². The second-order valence-electron chi connectivity index (χ2n) is 3.21. The maximum absolute atomic E-state index is 2.32. The molecule has 0 N–H and O–H groups in total. The zero-order valence-electron chi connectivity index (χ0n) is 7.82. The molecule has 10 heavy (non-hydrogen) atoms. The summed E-state index contributed by atoms with van der Waals surface area (Å²) in [5.41, 5.74) is 1.22. The van der Waals surface area contributed by atoms with Crippen LogP contribution in [0.3, 0.4) is 0 Å². The van der Waals surface area contributed by atoms with Crippen LogP contribution in [0.4, 0.5) is 0 Å². The van der Waals surface area contributed by atoms with Crippen LogP contribution >= 0.6 is 0 Å². The fourth-order valence-corrected chi connectivity index (χ4v) is 5.42. The summed E-state index contributed by atoms with van der Waals surface area (Å²) in [6, 6.07) is 0. The highest BCUT2D eigenvalue weighted by Crippen LogP contribution is 2.18. The molecule has 2 heteroatoms. The van der Waals surface area contributed by atoms with Gasteiger partial charge in [-0.15, -0.1) is 0 Å². The lowest BCUT2D eigenvalue weighted by Crippen LogP contribution is -2.03. The van der Waals surface area contributed by atoms with Gasteiger partial charge in [0, 0.05) is 9.04 Å². The average Bonchev–Trinajstić information content (AvgIpc) is 1.98. The molecule has 0 aromatic heterocycles. The van der Waals surface area contributed by atoms with E-state index in [2.05, 4.69) is 13.8 Å². The first-order chi connectivity index (χ1) is 4.85. The Hall–Kier alpha value is 0.434. The molecule has 0 heterocycles. The highest BCUT2D eigenvalue weighted by Gasteiger charge is 2.02. The Balaban J connectivity index is 3.21. The van der Waals surface area contributed by atoms with Gasteiger partial charge in [-0.1, -0.05) is 51.5 Å². The molecule has 0 spiro atoms. The van der Waals surface area contributed by atoms with Crippen LogP contribution in [-0.4, -0.2) is 18.8 Å². The predicted molar refractivity (Wildman–Crippen MR) is 56.7 cm³/mol. The van der Waals surface area contributed by atoms with Crippen molar-refractivity contribution in [3.05, 3.63) is 0 Å². The Labute approximate surface area is 70.8 Å². The van der Waals surface area contributed by atoms with Gasteiger partial charge in [0.1, 0.15) is 0 Å². The first kappa shape index (κ1) is 10.4. The molecule has 62 valence electrons. The summed E-state index contributed by atoms with van der Waals surface area (Å²) >= 11 is 0. The summed E-state index contributed by atoms with van der Waals surface area (Å²) in [7, 11) is 1.98. The summed E-state index contributed by atoms with van der Waals surface area (Å²) in [5.74, 6) is 0. The van der Waals surface area contributed by atoms with Gasteiger partial charge in [0.25, 0.3) is 0 Å². The fourth-order valence-electron chi connectivity index (χ4n) is 1.45. The van der Waals surface area contributed by atoms with Gasteiger partial charge in [-0.25, -0.2) is 0 Å². The Morgan fingerprint density at radius 2 is 1.90 bits per heavy atom. The van der Waals surface area contributed by atoms with E-state index in [-0.39, 0.29) is 0 Å². The Morgan fingerprint density at radius 3 is 2.30 bits per heavy atom. The van der Waals surface area contributed by atoms with Crippen molar-refractivity contribution in [3.63, 3.8) is 0 Å². The van der Waals surface area contributed by atoms with Crippen LogP contribution < -0.4 is 0 Å². The van der Waals surface area contributed by atoms with Crippen molar-refractivity contribution in [1.82, 2.24) is 0 Å². The summed E-state index contributed by atoms with van der Waals surface area (Å²) in [4.78, 5) is 0. The zero-order valence-corrected chi connectivity index (χ0v) is 11.2. The minimum absolute atomic E-state index is 0.436. The van der Waals surface area contributed by atoms with Crippen molar-refractivity contribution in [2.45, 2.75) is 51.5 Å². The van der Waals surface area contributed by atoms with Crippen LogP contribution in [0, 0.1) is 0 Å². The molecule has 0 aliphatic rings. The van der Waals surface area contributed by atoms with Gasteiger partial charge in [-0.05, 0) is 9.76 Å². The summed E-state index contributed by atoms with van der Waals surface area (Å²) in [6.45, 7) is 4.63. The van der Waals surface area contributed by atoms with Gasteiger partial charge in [-0.3, -0.25) is 0 Å². The van der Waals surface area contributed by atoms with Crippen LogP contribution in [0.1, 0.15) is 46.0 Å². The first-order valence-corrected chi connectivity index (χ1v) is 11.3. The average molecular weight is 174 g/mol. The molecular formula is C8H22Si2. The molecule has 0 saturated carbocycles. The highest BCUT2D eigenvalue weighted by molar-refractivity contribution is 6.90. The van der Waals surface area contributed by atoms with Crippen molar-refractivity contribution in [2.75, 3.05) is 0 Å². The quantitative estimate of drug-likeness (QED) is 0.531. The lowest BCUT2D eigenvalue weighted by Gasteiger charge is -2.11. The van der Waals surface area contributed by atoms with Crippen molar-refractivity contribution >= 4 is 18.8 Å². The van der Waals surface area contributed by atoms with Gasteiger partial charge in [0.2, 0.25) is 0 Å². The monoisotopic (exact) mass is 174 g/mol. The first-order valence-electron chi connectivity index (χ1n) is 4.85. The summed E-state index contributed by atoms with van der Waals surface area (Å²) in [6.07, 6.45) is 7.40. The molecule has 0 aromatic carbocycles. The van der Waals surface area contributed by atoms with Crippen molar-refractivity contribution in [1.29, 1.82) is 0 Å². The topological polar surface area (TPSA) is 0 Å².